The summed E-state index contributed by atoms with van der Waals surface area (Å²) in [6, 6.07) is 8.30. The highest BCUT2D eigenvalue weighted by Gasteiger charge is 2.22. The van der Waals surface area contributed by atoms with Gasteiger partial charge in [-0.25, -0.2) is 0 Å². The lowest BCUT2D eigenvalue weighted by Gasteiger charge is -2.23. The lowest BCUT2D eigenvalue weighted by atomic mass is 9.85. The Hall–Kier alpha value is -1.06. The van der Waals surface area contributed by atoms with E-state index >= 15 is 0 Å². The van der Waals surface area contributed by atoms with Crippen LogP contribution in [0.1, 0.15) is 38.7 Å². The van der Waals surface area contributed by atoms with Gasteiger partial charge in [0.15, 0.2) is 0 Å². The standard InChI is InChI=1S/C18H30N2O/c1-18(2)9-6-11-20(12-10-18)13-14-21-17-8-5-4-7-16(17)15-19-3/h4-5,7-8,19H,6,9-15H2,1-3H3. The minimum Gasteiger partial charge on any atom is -0.492 e. The number of likely N-dealkylation sites (tertiary alicyclic amines) is 1. The summed E-state index contributed by atoms with van der Waals surface area (Å²) in [5.41, 5.74) is 1.74. The van der Waals surface area contributed by atoms with Crippen LogP contribution in [0.15, 0.2) is 24.3 Å². The number of para-hydroxylation sites is 1. The molecule has 0 spiro atoms. The van der Waals surface area contributed by atoms with Crippen molar-refractivity contribution in [3.8, 4) is 5.75 Å². The fraction of sp³-hybridized carbons (Fsp3) is 0.667. The molecule has 21 heavy (non-hydrogen) atoms. The second kappa shape index (κ2) is 7.81. The molecule has 1 fully saturated rings. The van der Waals surface area contributed by atoms with E-state index in [1.165, 1.54) is 37.9 Å². The molecule has 3 heteroatoms. The smallest absolute Gasteiger partial charge is 0.123 e. The van der Waals surface area contributed by atoms with Gasteiger partial charge < -0.3 is 10.1 Å². The molecule has 0 amide bonds. The maximum Gasteiger partial charge on any atom is 0.123 e. The molecule has 2 rings (SSSR count). The summed E-state index contributed by atoms with van der Waals surface area (Å²) in [5.74, 6) is 1.02. The minimum atomic E-state index is 0.509. The van der Waals surface area contributed by atoms with Gasteiger partial charge in [0.2, 0.25) is 0 Å². The van der Waals surface area contributed by atoms with Crippen LogP contribution >= 0.6 is 0 Å². The Labute approximate surface area is 129 Å². The van der Waals surface area contributed by atoms with E-state index in [-0.39, 0.29) is 0 Å². The molecule has 0 aromatic heterocycles. The molecule has 1 aliphatic heterocycles. The third-order valence-electron chi connectivity index (χ3n) is 4.44. The van der Waals surface area contributed by atoms with Gasteiger partial charge in [0.05, 0.1) is 0 Å². The molecule has 1 heterocycles. The number of nitrogens with zero attached hydrogens (tertiary/aromatic N) is 1. The van der Waals surface area contributed by atoms with Crippen LogP contribution in [0.3, 0.4) is 0 Å². The molecule has 0 radical (unpaired) electrons. The number of ether oxygens (including phenoxy) is 1. The van der Waals surface area contributed by atoms with E-state index in [0.29, 0.717) is 5.41 Å². The first kappa shape index (κ1) is 16.3. The number of benzene rings is 1. The summed E-state index contributed by atoms with van der Waals surface area (Å²) in [7, 11) is 1.97. The molecule has 1 saturated heterocycles. The number of hydrogen-bond acceptors (Lipinski definition) is 3. The van der Waals surface area contributed by atoms with Gasteiger partial charge in [0, 0.05) is 18.7 Å². The Bertz CT molecular complexity index is 431. The number of hydrogen-bond donors (Lipinski definition) is 1. The molecule has 3 nitrogen and oxygen atoms in total. The zero-order valence-corrected chi connectivity index (χ0v) is 13.8. The van der Waals surface area contributed by atoms with Crippen LogP contribution < -0.4 is 10.1 Å². The van der Waals surface area contributed by atoms with Crippen molar-refractivity contribution in [2.24, 2.45) is 5.41 Å². The van der Waals surface area contributed by atoms with Crippen molar-refractivity contribution in [3.63, 3.8) is 0 Å². The second-order valence-corrected chi connectivity index (χ2v) is 6.85. The summed E-state index contributed by atoms with van der Waals surface area (Å²) in [6.07, 6.45) is 3.95. The zero-order chi connectivity index (χ0) is 15.1. The molecule has 0 atom stereocenters. The van der Waals surface area contributed by atoms with Gasteiger partial charge in [0.25, 0.3) is 0 Å². The largest absolute Gasteiger partial charge is 0.492 e. The normalized spacial score (nSPS) is 19.2. The molecule has 1 aliphatic rings. The van der Waals surface area contributed by atoms with Gasteiger partial charge in [-0.1, -0.05) is 32.0 Å². The minimum absolute atomic E-state index is 0.509. The third-order valence-corrected chi connectivity index (χ3v) is 4.44. The first-order valence-electron chi connectivity index (χ1n) is 8.18. The van der Waals surface area contributed by atoms with E-state index in [1.54, 1.807) is 0 Å². The number of nitrogens with one attached hydrogen (secondary N) is 1. The molecular formula is C18H30N2O. The van der Waals surface area contributed by atoms with Gasteiger partial charge in [-0.05, 0) is 50.9 Å². The highest BCUT2D eigenvalue weighted by Crippen LogP contribution is 2.29. The van der Waals surface area contributed by atoms with E-state index in [1.807, 2.05) is 13.1 Å². The highest BCUT2D eigenvalue weighted by molar-refractivity contribution is 5.33. The van der Waals surface area contributed by atoms with Gasteiger partial charge in [-0.2, -0.15) is 0 Å². The molecule has 118 valence electrons. The van der Waals surface area contributed by atoms with Crippen LogP contribution in [-0.4, -0.2) is 38.2 Å². The number of rotatable bonds is 6. The predicted molar refractivity (Wildman–Crippen MR) is 88.8 cm³/mol. The van der Waals surface area contributed by atoms with Gasteiger partial charge >= 0.3 is 0 Å². The van der Waals surface area contributed by atoms with E-state index in [0.717, 1.165) is 25.4 Å². The van der Waals surface area contributed by atoms with Crippen LogP contribution in [0, 0.1) is 5.41 Å². The topological polar surface area (TPSA) is 24.5 Å². The second-order valence-electron chi connectivity index (χ2n) is 6.85. The molecule has 1 aromatic rings. The quantitative estimate of drug-likeness (QED) is 0.870. The maximum atomic E-state index is 6.00. The van der Waals surface area contributed by atoms with Crippen molar-refractivity contribution in [1.82, 2.24) is 10.2 Å². The first-order valence-corrected chi connectivity index (χ1v) is 8.18. The fourth-order valence-electron chi connectivity index (χ4n) is 2.97. The Kier molecular flexibility index (Phi) is 6.07. The Morgan fingerprint density at radius 1 is 1.19 bits per heavy atom. The average Bonchev–Trinajstić information content (AvgIpc) is 2.62. The summed E-state index contributed by atoms with van der Waals surface area (Å²) in [4.78, 5) is 2.55. The Morgan fingerprint density at radius 3 is 2.81 bits per heavy atom. The molecule has 1 N–H and O–H groups in total. The summed E-state index contributed by atoms with van der Waals surface area (Å²) in [5, 5.41) is 3.19. The van der Waals surface area contributed by atoms with E-state index in [2.05, 4.69) is 42.3 Å². The lowest BCUT2D eigenvalue weighted by molar-refractivity contribution is 0.206. The monoisotopic (exact) mass is 290 g/mol. The molecule has 0 aliphatic carbocycles. The first-order chi connectivity index (χ1) is 10.1. The van der Waals surface area contributed by atoms with Crippen molar-refractivity contribution >= 4 is 0 Å². The molecule has 0 saturated carbocycles. The molecule has 0 unspecified atom stereocenters. The summed E-state index contributed by atoms with van der Waals surface area (Å²) in [6.45, 7) is 9.86. The third kappa shape index (κ3) is 5.33. The molecule has 0 bridgehead atoms. The summed E-state index contributed by atoms with van der Waals surface area (Å²) < 4.78 is 6.00. The zero-order valence-electron chi connectivity index (χ0n) is 13.8. The van der Waals surface area contributed by atoms with Gasteiger partial charge in [0.1, 0.15) is 12.4 Å². The van der Waals surface area contributed by atoms with E-state index in [4.69, 9.17) is 4.74 Å². The lowest BCUT2D eigenvalue weighted by Crippen LogP contribution is -2.30. The highest BCUT2D eigenvalue weighted by atomic mass is 16.5. The Balaban J connectivity index is 1.79. The van der Waals surface area contributed by atoms with Gasteiger partial charge in [-0.3, -0.25) is 4.90 Å². The SMILES string of the molecule is CNCc1ccccc1OCCN1CCCC(C)(C)CC1. The van der Waals surface area contributed by atoms with Crippen molar-refractivity contribution in [2.75, 3.05) is 33.3 Å². The predicted octanol–water partition coefficient (Wildman–Crippen LogP) is 3.30. The molecular weight excluding hydrogens is 260 g/mol. The van der Waals surface area contributed by atoms with Crippen molar-refractivity contribution in [2.45, 2.75) is 39.7 Å². The van der Waals surface area contributed by atoms with Crippen molar-refractivity contribution < 1.29 is 4.74 Å². The van der Waals surface area contributed by atoms with Gasteiger partial charge in [-0.15, -0.1) is 0 Å². The van der Waals surface area contributed by atoms with Crippen LogP contribution in [0.4, 0.5) is 0 Å². The van der Waals surface area contributed by atoms with Crippen LogP contribution in [0.25, 0.3) is 0 Å². The van der Waals surface area contributed by atoms with Crippen LogP contribution in [0.2, 0.25) is 0 Å². The fourth-order valence-corrected chi connectivity index (χ4v) is 2.97. The Morgan fingerprint density at radius 2 is 2.00 bits per heavy atom. The van der Waals surface area contributed by atoms with Crippen molar-refractivity contribution in [3.05, 3.63) is 29.8 Å². The van der Waals surface area contributed by atoms with E-state index < -0.39 is 0 Å². The van der Waals surface area contributed by atoms with E-state index in [9.17, 15) is 0 Å². The van der Waals surface area contributed by atoms with Crippen LogP contribution in [-0.2, 0) is 6.54 Å². The van der Waals surface area contributed by atoms with Crippen molar-refractivity contribution in [1.29, 1.82) is 0 Å². The maximum absolute atomic E-state index is 6.00. The average molecular weight is 290 g/mol. The summed E-state index contributed by atoms with van der Waals surface area (Å²) >= 11 is 0. The molecule has 1 aromatic carbocycles. The van der Waals surface area contributed by atoms with Crippen LogP contribution in [0.5, 0.6) is 5.75 Å².